The number of hydrogen-bond acceptors (Lipinski definition) is 6. The number of allylic oxidation sites excluding steroid dienone is 9. The van der Waals surface area contributed by atoms with Crippen molar-refractivity contribution < 1.29 is 30.7 Å². The summed E-state index contributed by atoms with van der Waals surface area (Å²) in [6.45, 7) is 3.26. The van der Waals surface area contributed by atoms with Gasteiger partial charge in [0.25, 0.3) is 0 Å². The molecule has 7 heteroatoms. The van der Waals surface area contributed by atoms with Crippen LogP contribution in [0.1, 0.15) is 37.3 Å². The summed E-state index contributed by atoms with van der Waals surface area (Å²) in [6, 6.07) is 6.09. The third-order valence-electron chi connectivity index (χ3n) is 7.43. The Morgan fingerprint density at radius 3 is 2.50 bits per heavy atom. The minimum atomic E-state index is 0.0407. The van der Waals surface area contributed by atoms with Gasteiger partial charge in [0.15, 0.2) is 0 Å². The number of alkyl halides is 2. The molecule has 0 amide bonds. The Labute approximate surface area is 236 Å². The number of nitrogen functional groups attached to an aromatic ring is 1. The molecule has 202 valence electrons. The van der Waals surface area contributed by atoms with Crippen LogP contribution < -0.4 is 44.1 Å². The Bertz CT molecular complexity index is 1270. The van der Waals surface area contributed by atoms with E-state index in [1.54, 1.807) is 0 Å². The molecule has 0 saturated carbocycles. The minimum Gasteiger partial charge on any atom is -0.398 e. The predicted octanol–water partition coefficient (Wildman–Crippen LogP) is 1.38. The summed E-state index contributed by atoms with van der Waals surface area (Å²) < 4.78 is 12.2. The molecule has 6 nitrogen and oxygen atoms in total. The molecule has 3 unspecified atom stereocenters. The fourth-order valence-corrected chi connectivity index (χ4v) is 6.41. The van der Waals surface area contributed by atoms with Crippen molar-refractivity contribution in [3.8, 4) is 0 Å². The van der Waals surface area contributed by atoms with Crippen molar-refractivity contribution in [2.45, 2.75) is 47.1 Å². The van der Waals surface area contributed by atoms with Crippen LogP contribution in [-0.2, 0) is 16.1 Å². The van der Waals surface area contributed by atoms with Gasteiger partial charge in [-0.25, -0.2) is 0 Å². The monoisotopic (exact) mass is 625 g/mol. The van der Waals surface area contributed by atoms with Crippen molar-refractivity contribution in [3.63, 3.8) is 0 Å². The van der Waals surface area contributed by atoms with E-state index in [0.717, 1.165) is 58.6 Å². The molecule has 1 aromatic carbocycles. The van der Waals surface area contributed by atoms with Crippen LogP contribution in [0.15, 0.2) is 94.9 Å². The molecule has 5 atom stereocenters. The van der Waals surface area contributed by atoms with Gasteiger partial charge in [0.2, 0.25) is 0 Å². The van der Waals surface area contributed by atoms with E-state index in [0.29, 0.717) is 21.4 Å². The number of halogens is 1. The van der Waals surface area contributed by atoms with Gasteiger partial charge in [-0.15, -0.1) is 0 Å². The van der Waals surface area contributed by atoms with Crippen molar-refractivity contribution in [2.24, 2.45) is 29.0 Å². The summed E-state index contributed by atoms with van der Waals surface area (Å²) >= 11 is 0.0407. The van der Waals surface area contributed by atoms with E-state index in [4.69, 9.17) is 32.4 Å². The number of ether oxygens (including phenoxy) is 2. The van der Waals surface area contributed by atoms with Gasteiger partial charge in [-0.3, -0.25) is 0 Å². The summed E-state index contributed by atoms with van der Waals surface area (Å²) in [5.41, 5.74) is 33.3. The van der Waals surface area contributed by atoms with E-state index in [9.17, 15) is 0 Å². The third-order valence-corrected chi connectivity index (χ3v) is 9.86. The number of rotatable bonds is 9. The van der Waals surface area contributed by atoms with Crippen LogP contribution >= 0.6 is 0 Å². The van der Waals surface area contributed by atoms with Crippen LogP contribution in [0.5, 0.6) is 0 Å². The molecule has 0 spiro atoms. The van der Waals surface area contributed by atoms with Gasteiger partial charge < -0.3 is 10.5 Å². The first-order chi connectivity index (χ1) is 18.4. The molecule has 1 saturated heterocycles. The summed E-state index contributed by atoms with van der Waals surface area (Å²) in [4.78, 5) is 0. The van der Waals surface area contributed by atoms with Crippen LogP contribution in [0.3, 0.4) is 0 Å². The third kappa shape index (κ3) is 6.34. The normalized spacial score (nSPS) is 29.1. The Morgan fingerprint density at radius 1 is 1.00 bits per heavy atom. The quantitative estimate of drug-likeness (QED) is 0.143. The van der Waals surface area contributed by atoms with E-state index in [-0.39, 0.29) is 39.1 Å². The zero-order chi connectivity index (χ0) is 26.6. The Morgan fingerprint density at radius 2 is 1.84 bits per heavy atom. The van der Waals surface area contributed by atoms with Gasteiger partial charge in [0.1, 0.15) is 0 Å². The van der Waals surface area contributed by atoms with Gasteiger partial charge in [-0.05, 0) is 29.7 Å². The molecular weight excluding hydrogens is 587 g/mol. The molecule has 1 fully saturated rings. The summed E-state index contributed by atoms with van der Waals surface area (Å²) in [5.74, 6) is 0.354. The zero-order valence-corrected chi connectivity index (χ0v) is 24.0. The van der Waals surface area contributed by atoms with E-state index in [2.05, 4.69) is 60.8 Å². The Hall–Kier alpha value is -2.59. The molecule has 3 aliphatic carbocycles. The molecule has 0 bridgehead atoms. The van der Waals surface area contributed by atoms with E-state index >= 15 is 0 Å². The van der Waals surface area contributed by atoms with Crippen LogP contribution in [0, 0.1) is 11.8 Å². The van der Waals surface area contributed by atoms with Gasteiger partial charge in [-0.2, -0.15) is 0 Å². The van der Waals surface area contributed by atoms with Gasteiger partial charge in [-0.1, -0.05) is 36.4 Å². The molecule has 5 rings (SSSR count). The van der Waals surface area contributed by atoms with Crippen molar-refractivity contribution in [1.82, 2.24) is 0 Å². The standard InChI is InChI=1S/C31H38IN4O2/c1-2-37-18-20-6-10-23(27(33)17-20)9-5-19-3-7-21(8-4-19)25-15-16-26(29(35)28(25)34)22-11-13-24(14-12-22)38-31-30(36)32-31/h3-7,9-13,15,17,21,24,26,30-31H,2,8,14,16,18,33-36H2,1H3/q-1/b9-5+/t21?,24?,26?,30-,31-/m0/s1. The van der Waals surface area contributed by atoms with Crippen LogP contribution in [-0.4, -0.2) is 20.9 Å². The molecule has 38 heavy (non-hydrogen) atoms. The van der Waals surface area contributed by atoms with Crippen LogP contribution in [0.2, 0.25) is 0 Å². The second-order valence-electron chi connectivity index (χ2n) is 10.1. The maximum absolute atomic E-state index is 6.61. The van der Waals surface area contributed by atoms with E-state index in [1.165, 1.54) is 5.57 Å². The average Bonchev–Trinajstić information content (AvgIpc) is 3.63. The molecule has 0 aromatic heterocycles. The topological polar surface area (TPSA) is 123 Å². The van der Waals surface area contributed by atoms with Gasteiger partial charge >= 0.3 is 141 Å². The summed E-state index contributed by atoms with van der Waals surface area (Å²) in [6.07, 6.45) is 22.4. The number of anilines is 1. The van der Waals surface area contributed by atoms with Gasteiger partial charge in [0.05, 0.1) is 6.61 Å². The first kappa shape index (κ1) is 27.0. The molecule has 1 aromatic rings. The Balaban J connectivity index is 1.17. The van der Waals surface area contributed by atoms with Crippen molar-refractivity contribution in [2.75, 3.05) is 12.3 Å². The SMILES string of the molecule is CCOCc1ccc(/C=C/C2=CCC(C3=CCC(C4=CCC(O[C@@H]5[I-][C@H]5N)C=C4)C(N)=C3N)C=C2)c(N)c1. The van der Waals surface area contributed by atoms with Crippen LogP contribution in [0.4, 0.5) is 5.69 Å². The Kier molecular flexibility index (Phi) is 8.57. The predicted molar refractivity (Wildman–Crippen MR) is 151 cm³/mol. The first-order valence-electron chi connectivity index (χ1n) is 13.3. The molecule has 1 heterocycles. The molecule has 8 N–H and O–H groups in total. The fraction of sp³-hybridized carbons (Fsp3) is 0.355. The second-order valence-corrected chi connectivity index (χ2v) is 13.4. The van der Waals surface area contributed by atoms with Crippen molar-refractivity contribution in [3.05, 3.63) is 106 Å². The fourth-order valence-electron chi connectivity index (χ4n) is 5.12. The maximum atomic E-state index is 6.61. The molecular formula is C31H38IN4O2-. The second kappa shape index (κ2) is 12.1. The molecule has 1 aliphatic heterocycles. The minimum absolute atomic E-state index is 0.0407. The van der Waals surface area contributed by atoms with Gasteiger partial charge in [0, 0.05) is 12.3 Å². The summed E-state index contributed by atoms with van der Waals surface area (Å²) in [5, 5.41) is 0. The number of nitrogens with two attached hydrogens (primary N) is 4. The number of hydrogen-bond donors (Lipinski definition) is 4. The van der Waals surface area contributed by atoms with Crippen molar-refractivity contribution >= 4 is 11.8 Å². The molecule has 0 radical (unpaired) electrons. The average molecular weight is 626 g/mol. The van der Waals surface area contributed by atoms with E-state index in [1.807, 2.05) is 19.1 Å². The van der Waals surface area contributed by atoms with Crippen molar-refractivity contribution in [1.29, 1.82) is 0 Å². The number of benzene rings is 1. The molecule has 4 aliphatic rings. The van der Waals surface area contributed by atoms with E-state index < -0.39 is 0 Å². The first-order valence-corrected chi connectivity index (χ1v) is 15.8. The van der Waals surface area contributed by atoms with Crippen LogP contribution in [0.25, 0.3) is 6.08 Å². The zero-order valence-electron chi connectivity index (χ0n) is 21.9. The summed E-state index contributed by atoms with van der Waals surface area (Å²) in [7, 11) is 0. The smallest absolute Gasteiger partial charge is 0.398 e.